The van der Waals surface area contributed by atoms with Gasteiger partial charge in [0, 0.05) is 36.0 Å². The highest BCUT2D eigenvalue weighted by Gasteiger charge is 2.36. The Hall–Kier alpha value is -1.69. The third kappa shape index (κ3) is 3.32. The molecule has 0 aromatic carbocycles. The molecule has 0 unspecified atom stereocenters. The molecule has 2 rings (SSSR count). The van der Waals surface area contributed by atoms with Crippen LogP contribution in [-0.4, -0.2) is 44.6 Å². The minimum Gasteiger partial charge on any atom is -0.390 e. The van der Waals surface area contributed by atoms with Crippen molar-refractivity contribution in [2.75, 3.05) is 18.8 Å². The molecule has 0 radical (unpaired) electrons. The maximum absolute atomic E-state index is 12.5. The fraction of sp³-hybridized carbons (Fsp3) is 0.667. The number of amides is 1. The molecule has 21 heavy (non-hydrogen) atoms. The minimum atomic E-state index is -0.688. The zero-order chi connectivity index (χ0) is 15.8. The first-order valence-corrected chi connectivity index (χ1v) is 7.30. The van der Waals surface area contributed by atoms with Crippen molar-refractivity contribution in [2.24, 2.45) is 5.92 Å². The first-order chi connectivity index (χ1) is 9.70. The van der Waals surface area contributed by atoms with E-state index in [1.54, 1.807) is 0 Å². The van der Waals surface area contributed by atoms with Crippen LogP contribution in [0.4, 0.5) is 5.95 Å². The van der Waals surface area contributed by atoms with Gasteiger partial charge in [0.15, 0.2) is 0 Å². The minimum absolute atomic E-state index is 0.0527. The Kier molecular flexibility index (Phi) is 4.18. The zero-order valence-electron chi connectivity index (χ0n) is 13.2. The van der Waals surface area contributed by atoms with E-state index in [4.69, 9.17) is 5.73 Å². The van der Waals surface area contributed by atoms with E-state index in [0.29, 0.717) is 19.5 Å². The van der Waals surface area contributed by atoms with Gasteiger partial charge in [0.2, 0.25) is 11.9 Å². The van der Waals surface area contributed by atoms with E-state index in [1.807, 2.05) is 32.6 Å². The first-order valence-electron chi connectivity index (χ1n) is 7.30. The lowest BCUT2D eigenvalue weighted by Crippen LogP contribution is -2.51. The predicted octanol–water partition coefficient (Wildman–Crippen LogP) is 0.838. The van der Waals surface area contributed by atoms with E-state index >= 15 is 0 Å². The number of rotatable bonds is 2. The van der Waals surface area contributed by atoms with Crippen molar-refractivity contribution in [1.82, 2.24) is 14.9 Å². The van der Waals surface area contributed by atoms with Crippen molar-refractivity contribution in [1.29, 1.82) is 0 Å². The highest BCUT2D eigenvalue weighted by atomic mass is 16.3. The average Bonchev–Trinajstić information content (AvgIpc) is 2.36. The molecule has 0 bridgehead atoms. The molecule has 1 amide bonds. The molecule has 1 fully saturated rings. The summed E-state index contributed by atoms with van der Waals surface area (Å²) in [6.45, 7) is 8.67. The van der Waals surface area contributed by atoms with Crippen LogP contribution in [0.5, 0.6) is 0 Å². The number of anilines is 1. The highest BCUT2D eigenvalue weighted by molar-refractivity contribution is 5.79. The van der Waals surface area contributed by atoms with Crippen LogP contribution >= 0.6 is 0 Å². The van der Waals surface area contributed by atoms with Crippen LogP contribution in [0.15, 0.2) is 0 Å². The van der Waals surface area contributed by atoms with Crippen molar-refractivity contribution in [2.45, 2.75) is 46.1 Å². The number of nitrogen functional groups attached to an aromatic ring is 1. The van der Waals surface area contributed by atoms with Crippen molar-refractivity contribution in [3.63, 3.8) is 0 Å². The second kappa shape index (κ2) is 5.60. The number of aromatic nitrogens is 2. The summed E-state index contributed by atoms with van der Waals surface area (Å²) in [5, 5.41) is 10.2. The largest absolute Gasteiger partial charge is 0.390 e. The molecule has 116 valence electrons. The van der Waals surface area contributed by atoms with Gasteiger partial charge in [0.25, 0.3) is 0 Å². The van der Waals surface area contributed by atoms with E-state index in [2.05, 4.69) is 9.97 Å². The number of aryl methyl sites for hydroxylation is 2. The lowest BCUT2D eigenvalue weighted by molar-refractivity contribution is -0.137. The van der Waals surface area contributed by atoms with E-state index in [0.717, 1.165) is 17.0 Å². The highest BCUT2D eigenvalue weighted by Crippen LogP contribution is 2.27. The van der Waals surface area contributed by atoms with Crippen LogP contribution in [0.25, 0.3) is 0 Å². The van der Waals surface area contributed by atoms with E-state index < -0.39 is 5.60 Å². The summed E-state index contributed by atoms with van der Waals surface area (Å²) < 4.78 is 0. The Balaban J connectivity index is 2.09. The van der Waals surface area contributed by atoms with E-state index in [1.165, 1.54) is 0 Å². The van der Waals surface area contributed by atoms with Crippen LogP contribution < -0.4 is 5.73 Å². The van der Waals surface area contributed by atoms with Gasteiger partial charge < -0.3 is 15.7 Å². The third-order valence-corrected chi connectivity index (χ3v) is 4.56. The number of nitrogens with two attached hydrogens (primary N) is 1. The molecular weight excluding hydrogens is 268 g/mol. The smallest absolute Gasteiger partial charge is 0.227 e. The molecule has 0 aliphatic carbocycles. The summed E-state index contributed by atoms with van der Waals surface area (Å²) in [5.74, 6) is 0.362. The quantitative estimate of drug-likeness (QED) is 0.842. The molecule has 1 aromatic rings. The molecule has 1 aromatic heterocycles. The summed E-state index contributed by atoms with van der Waals surface area (Å²) in [4.78, 5) is 22.5. The van der Waals surface area contributed by atoms with Gasteiger partial charge in [-0.1, -0.05) is 6.92 Å². The van der Waals surface area contributed by atoms with Crippen molar-refractivity contribution < 1.29 is 9.90 Å². The number of nitrogens with zero attached hydrogens (tertiary/aromatic N) is 3. The molecule has 2 atom stereocenters. The number of hydrogen-bond donors (Lipinski definition) is 2. The van der Waals surface area contributed by atoms with Crippen molar-refractivity contribution >= 4 is 11.9 Å². The Bertz CT molecular complexity index is 534. The first kappa shape index (κ1) is 15.7. The van der Waals surface area contributed by atoms with E-state index in [9.17, 15) is 9.90 Å². The summed E-state index contributed by atoms with van der Waals surface area (Å²) in [6.07, 6.45) is 0.892. The van der Waals surface area contributed by atoms with Crippen LogP contribution in [0.2, 0.25) is 0 Å². The van der Waals surface area contributed by atoms with Gasteiger partial charge in [-0.25, -0.2) is 9.97 Å². The second-order valence-electron chi connectivity index (χ2n) is 6.26. The maximum Gasteiger partial charge on any atom is 0.227 e. The van der Waals surface area contributed by atoms with Crippen LogP contribution in [0, 0.1) is 19.8 Å². The topological polar surface area (TPSA) is 92.3 Å². The predicted molar refractivity (Wildman–Crippen MR) is 80.6 cm³/mol. The number of likely N-dealkylation sites (tertiary alicyclic amines) is 1. The van der Waals surface area contributed by atoms with Gasteiger partial charge in [-0.2, -0.15) is 0 Å². The normalized spacial score (nSPS) is 26.0. The zero-order valence-corrected chi connectivity index (χ0v) is 13.2. The lowest BCUT2D eigenvalue weighted by atomic mass is 9.84. The van der Waals surface area contributed by atoms with Gasteiger partial charge in [-0.05, 0) is 27.2 Å². The van der Waals surface area contributed by atoms with Gasteiger partial charge >= 0.3 is 0 Å². The second-order valence-corrected chi connectivity index (χ2v) is 6.26. The SMILES string of the molecule is Cc1nc(N)nc(C)c1CC(=O)N1CC[C@](C)(O)[C@H](C)C1. The number of carbonyl (C=O) groups is 1. The summed E-state index contributed by atoms with van der Waals surface area (Å²) in [5.41, 5.74) is 7.27. The lowest BCUT2D eigenvalue weighted by Gasteiger charge is -2.41. The average molecular weight is 292 g/mol. The summed E-state index contributed by atoms with van der Waals surface area (Å²) >= 11 is 0. The standard InChI is InChI=1S/C15H24N4O2/c1-9-8-19(6-5-15(9,4)21)13(20)7-12-10(2)17-14(16)18-11(12)3/h9,21H,5-8H2,1-4H3,(H2,16,17,18)/t9-,15+/m1/s1. The Morgan fingerprint density at radius 3 is 2.52 bits per heavy atom. The molecule has 3 N–H and O–H groups in total. The van der Waals surface area contributed by atoms with Crippen LogP contribution in [-0.2, 0) is 11.2 Å². The molecule has 1 aliphatic rings. The Morgan fingerprint density at radius 2 is 2.00 bits per heavy atom. The van der Waals surface area contributed by atoms with Crippen LogP contribution in [0.1, 0.15) is 37.2 Å². The fourth-order valence-electron chi connectivity index (χ4n) is 2.74. The number of hydrogen-bond acceptors (Lipinski definition) is 5. The molecule has 2 heterocycles. The molecule has 6 nitrogen and oxygen atoms in total. The summed E-state index contributed by atoms with van der Waals surface area (Å²) in [6, 6.07) is 0. The molecule has 6 heteroatoms. The maximum atomic E-state index is 12.5. The van der Waals surface area contributed by atoms with Gasteiger partial charge in [-0.15, -0.1) is 0 Å². The van der Waals surface area contributed by atoms with E-state index in [-0.39, 0.29) is 24.2 Å². The number of carbonyl (C=O) groups excluding carboxylic acids is 1. The molecule has 0 spiro atoms. The third-order valence-electron chi connectivity index (χ3n) is 4.56. The van der Waals surface area contributed by atoms with Gasteiger partial charge in [0.05, 0.1) is 12.0 Å². The number of aliphatic hydroxyl groups is 1. The Morgan fingerprint density at radius 1 is 1.43 bits per heavy atom. The molecular formula is C15H24N4O2. The molecule has 1 aliphatic heterocycles. The van der Waals surface area contributed by atoms with Gasteiger partial charge in [0.1, 0.15) is 0 Å². The van der Waals surface area contributed by atoms with Gasteiger partial charge in [-0.3, -0.25) is 4.79 Å². The monoisotopic (exact) mass is 292 g/mol. The summed E-state index contributed by atoms with van der Waals surface area (Å²) in [7, 11) is 0. The molecule has 0 saturated carbocycles. The molecule has 1 saturated heterocycles. The Labute approximate surface area is 125 Å². The van der Waals surface area contributed by atoms with Crippen molar-refractivity contribution in [3.05, 3.63) is 17.0 Å². The fourth-order valence-corrected chi connectivity index (χ4v) is 2.74. The van der Waals surface area contributed by atoms with Crippen LogP contribution in [0.3, 0.4) is 0 Å². The van der Waals surface area contributed by atoms with Crippen molar-refractivity contribution in [3.8, 4) is 0 Å². The number of piperidine rings is 1.